The van der Waals surface area contributed by atoms with Crippen LogP contribution in [0.4, 0.5) is 0 Å². The van der Waals surface area contributed by atoms with Crippen molar-refractivity contribution in [3.8, 4) is 0 Å². The summed E-state index contributed by atoms with van der Waals surface area (Å²) in [6, 6.07) is 0. The average molecular weight is 417 g/mol. The predicted octanol–water partition coefficient (Wildman–Crippen LogP) is 6.75. The molecule has 172 valence electrons. The van der Waals surface area contributed by atoms with Crippen LogP contribution < -0.4 is 0 Å². The largest absolute Gasteiger partial charge is 0.396 e. The zero-order chi connectivity index (χ0) is 21.7. The van der Waals surface area contributed by atoms with Gasteiger partial charge in [-0.2, -0.15) is 0 Å². The Morgan fingerprint density at radius 2 is 1.77 bits per heavy atom. The molecular formula is C28H48O2. The zero-order valence-electron chi connectivity index (χ0n) is 20.4. The minimum atomic E-state index is -0.225. The summed E-state index contributed by atoms with van der Waals surface area (Å²) >= 11 is 0. The first-order valence-electron chi connectivity index (χ1n) is 13.2. The van der Waals surface area contributed by atoms with Gasteiger partial charge in [-0.25, -0.2) is 0 Å². The summed E-state index contributed by atoms with van der Waals surface area (Å²) in [5, 5.41) is 20.9. The van der Waals surface area contributed by atoms with E-state index in [4.69, 9.17) is 0 Å². The van der Waals surface area contributed by atoms with Crippen LogP contribution in [0.2, 0.25) is 0 Å². The smallest absolute Gasteiger partial charge is 0.0547 e. The van der Waals surface area contributed by atoms with Crippen LogP contribution in [0.5, 0.6) is 0 Å². The fourth-order valence-corrected chi connectivity index (χ4v) is 8.99. The maximum Gasteiger partial charge on any atom is 0.0547 e. The van der Waals surface area contributed by atoms with E-state index in [2.05, 4.69) is 40.7 Å². The third-order valence-electron chi connectivity index (χ3n) is 10.9. The highest BCUT2D eigenvalue weighted by Gasteiger charge is 2.62. The van der Waals surface area contributed by atoms with E-state index in [-0.39, 0.29) is 23.5 Å². The molecule has 0 spiro atoms. The molecule has 4 aliphatic carbocycles. The highest BCUT2D eigenvalue weighted by atomic mass is 16.3. The number of aliphatic hydroxyl groups is 2. The van der Waals surface area contributed by atoms with Gasteiger partial charge in [-0.3, -0.25) is 0 Å². The Kier molecular flexibility index (Phi) is 6.26. The summed E-state index contributed by atoms with van der Waals surface area (Å²) in [6.07, 6.45) is 15.7. The van der Waals surface area contributed by atoms with Crippen molar-refractivity contribution in [1.82, 2.24) is 0 Å². The van der Waals surface area contributed by atoms with Crippen molar-refractivity contribution in [3.05, 3.63) is 11.6 Å². The van der Waals surface area contributed by atoms with E-state index in [0.29, 0.717) is 11.3 Å². The second-order valence-electron chi connectivity index (χ2n) is 12.8. The Bertz CT molecular complexity index is 653. The Hall–Kier alpha value is -0.340. The Morgan fingerprint density at radius 3 is 2.47 bits per heavy atom. The van der Waals surface area contributed by atoms with Crippen LogP contribution in [0, 0.1) is 45.8 Å². The van der Waals surface area contributed by atoms with Gasteiger partial charge in [-0.15, -0.1) is 0 Å². The number of fused-ring (bicyclic) bond motifs is 5. The second-order valence-corrected chi connectivity index (χ2v) is 12.8. The van der Waals surface area contributed by atoms with Crippen molar-refractivity contribution in [2.45, 2.75) is 111 Å². The quantitative estimate of drug-likeness (QED) is 0.470. The fraction of sp³-hybridized carbons (Fsp3) is 0.929. The van der Waals surface area contributed by atoms with Gasteiger partial charge in [-0.1, -0.05) is 65.5 Å². The maximum atomic E-state index is 10.5. The Morgan fingerprint density at radius 1 is 1.00 bits per heavy atom. The first-order chi connectivity index (χ1) is 14.2. The van der Waals surface area contributed by atoms with E-state index in [0.717, 1.165) is 49.4 Å². The Labute approximate surface area is 185 Å². The van der Waals surface area contributed by atoms with E-state index in [1.807, 2.05) is 0 Å². The molecular weight excluding hydrogens is 368 g/mol. The highest BCUT2D eigenvalue weighted by molar-refractivity contribution is 5.30. The SMILES string of the molecule is CC(C)CCC[C@@H](C)[C@H]1CC[C@H]2C3=CC[C@@]4(CO)C[C@H](O)CC[C@]4(C)[C@H]3CC[C@]12C. The third kappa shape index (κ3) is 3.43. The van der Waals surface area contributed by atoms with Gasteiger partial charge in [0.05, 0.1) is 6.10 Å². The molecule has 2 heteroatoms. The molecule has 0 aromatic carbocycles. The van der Waals surface area contributed by atoms with E-state index >= 15 is 0 Å². The molecule has 0 amide bonds. The number of hydrogen-bond donors (Lipinski definition) is 2. The van der Waals surface area contributed by atoms with Crippen molar-refractivity contribution in [3.63, 3.8) is 0 Å². The monoisotopic (exact) mass is 416 g/mol. The lowest BCUT2D eigenvalue weighted by Crippen LogP contribution is -2.57. The van der Waals surface area contributed by atoms with Crippen molar-refractivity contribution in [1.29, 1.82) is 0 Å². The lowest BCUT2D eigenvalue weighted by atomic mass is 9.42. The van der Waals surface area contributed by atoms with Crippen LogP contribution in [0.25, 0.3) is 0 Å². The van der Waals surface area contributed by atoms with Crippen molar-refractivity contribution >= 4 is 0 Å². The van der Waals surface area contributed by atoms with Gasteiger partial charge in [0.2, 0.25) is 0 Å². The molecule has 0 aliphatic heterocycles. The first-order valence-corrected chi connectivity index (χ1v) is 13.2. The molecule has 30 heavy (non-hydrogen) atoms. The summed E-state index contributed by atoms with van der Waals surface area (Å²) in [5.74, 6) is 3.93. The van der Waals surface area contributed by atoms with Gasteiger partial charge in [0.15, 0.2) is 0 Å². The van der Waals surface area contributed by atoms with Gasteiger partial charge in [0.25, 0.3) is 0 Å². The molecule has 0 aromatic rings. The van der Waals surface area contributed by atoms with Gasteiger partial charge < -0.3 is 10.2 Å². The van der Waals surface area contributed by atoms with E-state index < -0.39 is 0 Å². The lowest BCUT2D eigenvalue weighted by molar-refractivity contribution is -0.129. The molecule has 4 aliphatic rings. The summed E-state index contributed by atoms with van der Waals surface area (Å²) < 4.78 is 0. The lowest BCUT2D eigenvalue weighted by Gasteiger charge is -2.62. The molecule has 3 fully saturated rings. The predicted molar refractivity (Wildman–Crippen MR) is 125 cm³/mol. The fourth-order valence-electron chi connectivity index (χ4n) is 8.99. The summed E-state index contributed by atoms with van der Waals surface area (Å²) in [7, 11) is 0. The molecule has 0 heterocycles. The molecule has 2 N–H and O–H groups in total. The van der Waals surface area contributed by atoms with Crippen LogP contribution in [-0.2, 0) is 0 Å². The van der Waals surface area contributed by atoms with Gasteiger partial charge in [0.1, 0.15) is 0 Å². The number of allylic oxidation sites excluding steroid dienone is 2. The molecule has 2 nitrogen and oxygen atoms in total. The maximum absolute atomic E-state index is 10.5. The van der Waals surface area contributed by atoms with Crippen LogP contribution in [-0.4, -0.2) is 22.9 Å². The average Bonchev–Trinajstić information content (AvgIpc) is 3.05. The van der Waals surface area contributed by atoms with Crippen LogP contribution >= 0.6 is 0 Å². The third-order valence-corrected chi connectivity index (χ3v) is 10.9. The summed E-state index contributed by atoms with van der Waals surface area (Å²) in [4.78, 5) is 0. The molecule has 0 bridgehead atoms. The van der Waals surface area contributed by atoms with Crippen LogP contribution in [0.15, 0.2) is 11.6 Å². The number of aliphatic hydroxyl groups excluding tert-OH is 2. The second kappa shape index (κ2) is 8.22. The molecule has 0 radical (unpaired) electrons. The first kappa shape index (κ1) is 22.8. The normalized spacial score (nSPS) is 46.7. The van der Waals surface area contributed by atoms with Gasteiger partial charge in [0, 0.05) is 12.0 Å². The van der Waals surface area contributed by atoms with E-state index in [1.165, 1.54) is 44.9 Å². The number of rotatable bonds is 6. The molecule has 8 atom stereocenters. The van der Waals surface area contributed by atoms with E-state index in [1.54, 1.807) is 5.57 Å². The van der Waals surface area contributed by atoms with Crippen molar-refractivity contribution < 1.29 is 10.2 Å². The molecule has 0 saturated heterocycles. The topological polar surface area (TPSA) is 40.5 Å². The Balaban J connectivity index is 1.56. The van der Waals surface area contributed by atoms with Crippen molar-refractivity contribution in [2.24, 2.45) is 45.8 Å². The highest BCUT2D eigenvalue weighted by Crippen LogP contribution is 2.69. The van der Waals surface area contributed by atoms with Gasteiger partial charge in [-0.05, 0) is 91.8 Å². The minimum absolute atomic E-state index is 0.102. The standard InChI is InChI=1S/C28H48O2/c1-19(2)7-6-8-20(3)23-9-10-24-22-12-16-28(18-29)17-21(30)11-15-27(28,5)25(22)13-14-26(23,24)4/h12,19-21,23-25,29-30H,6-11,13-18H2,1-5H3/t20-,21-,23-,24+,25+,26-,27-,28+/m1/s1. The van der Waals surface area contributed by atoms with Crippen molar-refractivity contribution in [2.75, 3.05) is 6.61 Å². The summed E-state index contributed by atoms with van der Waals surface area (Å²) in [5.41, 5.74) is 2.30. The minimum Gasteiger partial charge on any atom is -0.396 e. The molecule has 3 saturated carbocycles. The molecule has 0 unspecified atom stereocenters. The van der Waals surface area contributed by atoms with E-state index in [9.17, 15) is 10.2 Å². The van der Waals surface area contributed by atoms with Gasteiger partial charge >= 0.3 is 0 Å². The zero-order valence-corrected chi connectivity index (χ0v) is 20.4. The van der Waals surface area contributed by atoms with Crippen LogP contribution in [0.1, 0.15) is 105 Å². The summed E-state index contributed by atoms with van der Waals surface area (Å²) in [6.45, 7) is 12.6. The van der Waals surface area contributed by atoms with Crippen LogP contribution in [0.3, 0.4) is 0 Å². The number of hydrogen-bond acceptors (Lipinski definition) is 2. The molecule has 0 aromatic heterocycles. The molecule has 4 rings (SSSR count).